The molecule has 0 aromatic heterocycles. The van der Waals surface area contributed by atoms with Gasteiger partial charge in [0.2, 0.25) is 11.8 Å². The summed E-state index contributed by atoms with van der Waals surface area (Å²) in [7, 11) is 0. The van der Waals surface area contributed by atoms with Crippen molar-refractivity contribution in [1.29, 1.82) is 0 Å². The second kappa shape index (κ2) is 12.2. The number of nitrogens with one attached hydrogen (secondary N) is 3. The van der Waals surface area contributed by atoms with Crippen LogP contribution in [0.2, 0.25) is 0 Å². The normalized spacial score (nSPS) is 13.5. The smallest absolute Gasteiger partial charge is 0.243 e. The monoisotopic (exact) mass is 539 g/mol. The number of carbonyl (C=O) groups excluding carboxylic acids is 2. The Morgan fingerprint density at radius 2 is 1.81 bits per heavy atom. The first-order valence-corrected chi connectivity index (χ1v) is 10.0. The van der Waals surface area contributed by atoms with Crippen molar-refractivity contribution in [3.8, 4) is 0 Å². The summed E-state index contributed by atoms with van der Waals surface area (Å²) in [4.78, 5) is 30.2. The van der Waals surface area contributed by atoms with Crippen molar-refractivity contribution in [1.82, 2.24) is 10.6 Å². The summed E-state index contributed by atoms with van der Waals surface area (Å²) in [6.45, 7) is 3.83. The molecular weight excluding hydrogens is 512 g/mol. The molecule has 2 aromatic rings. The van der Waals surface area contributed by atoms with Crippen molar-refractivity contribution in [2.45, 2.75) is 26.3 Å². The van der Waals surface area contributed by atoms with Crippen LogP contribution in [0.15, 0.2) is 53.5 Å². The second-order valence-electron chi connectivity index (χ2n) is 6.92. The molecule has 1 heterocycles. The van der Waals surface area contributed by atoms with Crippen molar-refractivity contribution >= 4 is 53.1 Å². The molecule has 0 spiro atoms. The zero-order chi connectivity index (χ0) is 21.3. The Morgan fingerprint density at radius 3 is 2.42 bits per heavy atom. The first-order valence-electron chi connectivity index (χ1n) is 10.0. The highest BCUT2D eigenvalue weighted by molar-refractivity contribution is 14.0. The largest absolute Gasteiger partial charge is 0.357 e. The lowest BCUT2D eigenvalue weighted by Crippen LogP contribution is -2.41. The predicted molar refractivity (Wildman–Crippen MR) is 131 cm³/mol. The molecule has 0 atom stereocenters. The van der Waals surface area contributed by atoms with Crippen molar-refractivity contribution < 1.29 is 14.0 Å². The average Bonchev–Trinajstić information content (AvgIpc) is 3.18. The zero-order valence-corrected chi connectivity index (χ0v) is 19.7. The Kier molecular flexibility index (Phi) is 9.70. The van der Waals surface area contributed by atoms with Crippen LogP contribution in [0.4, 0.5) is 15.8 Å². The molecule has 0 saturated carbocycles. The molecule has 2 aromatic carbocycles. The number of nitrogens with zero attached hydrogens (tertiary/aromatic N) is 2. The van der Waals surface area contributed by atoms with Gasteiger partial charge in [-0.25, -0.2) is 9.38 Å². The van der Waals surface area contributed by atoms with Crippen LogP contribution in [0.5, 0.6) is 0 Å². The number of benzene rings is 2. The van der Waals surface area contributed by atoms with E-state index in [-0.39, 0.29) is 48.2 Å². The van der Waals surface area contributed by atoms with Gasteiger partial charge in [0.25, 0.3) is 0 Å². The van der Waals surface area contributed by atoms with Gasteiger partial charge in [0.05, 0.1) is 13.1 Å². The van der Waals surface area contributed by atoms with E-state index in [4.69, 9.17) is 0 Å². The Bertz CT molecular complexity index is 903. The number of aliphatic imine (C=N–C) groups is 1. The van der Waals surface area contributed by atoms with Crippen LogP contribution in [0, 0.1) is 5.82 Å². The topological polar surface area (TPSA) is 85.8 Å². The molecule has 0 aliphatic carbocycles. The summed E-state index contributed by atoms with van der Waals surface area (Å²) in [5.74, 6) is 0.0727. The number of guanidine groups is 1. The zero-order valence-electron chi connectivity index (χ0n) is 17.4. The number of carbonyl (C=O) groups is 2. The van der Waals surface area contributed by atoms with Crippen LogP contribution >= 0.6 is 24.0 Å². The maximum Gasteiger partial charge on any atom is 0.243 e. The summed E-state index contributed by atoms with van der Waals surface area (Å²) in [5, 5.41) is 8.78. The van der Waals surface area contributed by atoms with Crippen molar-refractivity contribution in [3.05, 3.63) is 59.9 Å². The van der Waals surface area contributed by atoms with Crippen molar-refractivity contribution in [2.75, 3.05) is 29.9 Å². The third kappa shape index (κ3) is 7.50. The Labute approximate surface area is 198 Å². The van der Waals surface area contributed by atoms with E-state index in [0.717, 1.165) is 24.2 Å². The first kappa shape index (κ1) is 24.6. The number of rotatable bonds is 7. The van der Waals surface area contributed by atoms with Gasteiger partial charge in [-0.1, -0.05) is 12.1 Å². The molecule has 7 nitrogen and oxygen atoms in total. The lowest BCUT2D eigenvalue weighted by molar-refractivity contribution is -0.117. The minimum absolute atomic E-state index is 0. The molecule has 166 valence electrons. The van der Waals surface area contributed by atoms with E-state index in [2.05, 4.69) is 20.9 Å². The molecule has 0 unspecified atom stereocenters. The molecule has 2 amide bonds. The minimum atomic E-state index is -0.354. The van der Waals surface area contributed by atoms with E-state index < -0.39 is 0 Å². The van der Waals surface area contributed by atoms with Crippen LogP contribution < -0.4 is 20.9 Å². The SMILES string of the molecule is CCNC(=NCc1ccc(N2CCCC2=O)cc1)NCC(=O)Nc1ccc(F)cc1.I. The fraction of sp³-hybridized carbons (Fsp3) is 0.318. The van der Waals surface area contributed by atoms with Gasteiger partial charge in [0, 0.05) is 30.9 Å². The molecule has 1 aliphatic heterocycles. The van der Waals surface area contributed by atoms with Gasteiger partial charge in [-0.2, -0.15) is 0 Å². The van der Waals surface area contributed by atoms with E-state index in [0.29, 0.717) is 31.2 Å². The first-order chi connectivity index (χ1) is 14.5. The Morgan fingerprint density at radius 1 is 1.10 bits per heavy atom. The standard InChI is InChI=1S/C22H26FN5O2.HI/c1-2-24-22(26-15-20(29)27-18-9-7-17(23)8-10-18)25-14-16-5-11-19(12-6-16)28-13-3-4-21(28)30;/h5-12H,2-4,13-15H2,1H3,(H,27,29)(H2,24,25,26);1H. The number of hydrogen-bond donors (Lipinski definition) is 3. The maximum atomic E-state index is 12.9. The average molecular weight is 539 g/mol. The quantitative estimate of drug-likeness (QED) is 0.287. The summed E-state index contributed by atoms with van der Waals surface area (Å²) < 4.78 is 12.9. The Hall–Kier alpha value is -2.69. The molecule has 1 saturated heterocycles. The lowest BCUT2D eigenvalue weighted by atomic mass is 10.2. The number of amides is 2. The molecular formula is C22H27FIN5O2. The molecule has 0 radical (unpaired) electrons. The van der Waals surface area contributed by atoms with Crippen LogP contribution in [0.3, 0.4) is 0 Å². The molecule has 31 heavy (non-hydrogen) atoms. The van der Waals surface area contributed by atoms with Gasteiger partial charge in [0.15, 0.2) is 5.96 Å². The van der Waals surface area contributed by atoms with Crippen LogP contribution in [-0.2, 0) is 16.1 Å². The van der Waals surface area contributed by atoms with E-state index in [9.17, 15) is 14.0 Å². The third-order valence-electron chi connectivity index (χ3n) is 4.63. The number of anilines is 2. The van der Waals surface area contributed by atoms with Gasteiger partial charge in [-0.15, -0.1) is 24.0 Å². The lowest BCUT2D eigenvalue weighted by Gasteiger charge is -2.16. The molecule has 3 rings (SSSR count). The van der Waals surface area contributed by atoms with Crippen LogP contribution in [-0.4, -0.2) is 37.4 Å². The van der Waals surface area contributed by atoms with Crippen LogP contribution in [0.25, 0.3) is 0 Å². The highest BCUT2D eigenvalue weighted by Crippen LogP contribution is 2.21. The highest BCUT2D eigenvalue weighted by Gasteiger charge is 2.21. The van der Waals surface area contributed by atoms with Crippen molar-refractivity contribution in [2.24, 2.45) is 4.99 Å². The summed E-state index contributed by atoms with van der Waals surface area (Å²) in [6.07, 6.45) is 1.51. The van der Waals surface area contributed by atoms with Gasteiger partial charge >= 0.3 is 0 Å². The molecule has 0 bridgehead atoms. The predicted octanol–water partition coefficient (Wildman–Crippen LogP) is 3.26. The van der Waals surface area contributed by atoms with E-state index >= 15 is 0 Å². The molecule has 3 N–H and O–H groups in total. The van der Waals surface area contributed by atoms with Gasteiger partial charge in [-0.3, -0.25) is 9.59 Å². The second-order valence-corrected chi connectivity index (χ2v) is 6.92. The van der Waals surface area contributed by atoms with Gasteiger partial charge < -0.3 is 20.9 Å². The molecule has 1 aliphatic rings. The number of hydrogen-bond acceptors (Lipinski definition) is 3. The summed E-state index contributed by atoms with van der Waals surface area (Å²) in [6, 6.07) is 13.4. The third-order valence-corrected chi connectivity index (χ3v) is 4.63. The molecule has 9 heteroatoms. The van der Waals surface area contributed by atoms with Crippen molar-refractivity contribution in [3.63, 3.8) is 0 Å². The van der Waals surface area contributed by atoms with E-state index in [1.807, 2.05) is 31.2 Å². The fourth-order valence-corrected chi connectivity index (χ4v) is 3.12. The van der Waals surface area contributed by atoms with Gasteiger partial charge in [0.1, 0.15) is 5.82 Å². The minimum Gasteiger partial charge on any atom is -0.357 e. The summed E-state index contributed by atoms with van der Waals surface area (Å²) in [5.41, 5.74) is 2.44. The van der Waals surface area contributed by atoms with Crippen LogP contribution in [0.1, 0.15) is 25.3 Å². The van der Waals surface area contributed by atoms with E-state index in [1.54, 1.807) is 4.90 Å². The molecule has 1 fully saturated rings. The van der Waals surface area contributed by atoms with Gasteiger partial charge in [-0.05, 0) is 55.3 Å². The highest BCUT2D eigenvalue weighted by atomic mass is 127. The summed E-state index contributed by atoms with van der Waals surface area (Å²) >= 11 is 0. The fourth-order valence-electron chi connectivity index (χ4n) is 3.12. The van der Waals surface area contributed by atoms with E-state index in [1.165, 1.54) is 24.3 Å². The number of halogens is 2. The maximum absolute atomic E-state index is 12.9. The Balaban J connectivity index is 0.00000341.